The number of rotatable bonds is 3. The number of phenolic OH excluding ortho intramolecular Hbond substituents is 1. The van der Waals surface area contributed by atoms with Crippen molar-refractivity contribution < 1.29 is 9.84 Å². The summed E-state index contributed by atoms with van der Waals surface area (Å²) >= 11 is 0. The molecular formula is C17H15NO2. The Bertz CT molecular complexity index is 772. The van der Waals surface area contributed by atoms with Gasteiger partial charge in [-0.25, -0.2) is 0 Å². The summed E-state index contributed by atoms with van der Waals surface area (Å²) in [5.74, 6) is 0.841. The topological polar surface area (TPSA) is 45.2 Å². The van der Waals surface area contributed by atoms with E-state index >= 15 is 0 Å². The van der Waals surface area contributed by atoms with E-state index in [4.69, 9.17) is 4.74 Å². The van der Waals surface area contributed by atoms with Gasteiger partial charge in [0.25, 0.3) is 0 Å². The number of methoxy groups -OCH3 is 1. The number of aromatic nitrogens is 1. The lowest BCUT2D eigenvalue weighted by atomic mass is 10.1. The van der Waals surface area contributed by atoms with E-state index in [1.807, 2.05) is 30.5 Å². The van der Waals surface area contributed by atoms with Crippen LogP contribution in [0.2, 0.25) is 0 Å². The molecule has 3 nitrogen and oxygen atoms in total. The molecular weight excluding hydrogens is 250 g/mol. The normalized spacial score (nSPS) is 11.2. The van der Waals surface area contributed by atoms with E-state index in [0.29, 0.717) is 5.75 Å². The monoisotopic (exact) mass is 265 g/mol. The third-order valence-corrected chi connectivity index (χ3v) is 3.20. The molecule has 0 aliphatic heterocycles. The Morgan fingerprint density at radius 2 is 1.85 bits per heavy atom. The summed E-state index contributed by atoms with van der Waals surface area (Å²) in [6.45, 7) is 0. The zero-order chi connectivity index (χ0) is 13.9. The summed E-state index contributed by atoms with van der Waals surface area (Å²) in [7, 11) is 1.58. The smallest absolute Gasteiger partial charge is 0.123 e. The molecule has 0 spiro atoms. The molecule has 3 rings (SSSR count). The minimum atomic E-state index is 0.198. The number of aromatic hydroxyl groups is 1. The maximum absolute atomic E-state index is 9.62. The number of nitrogens with one attached hydrogen (secondary N) is 1. The molecule has 0 saturated carbocycles. The van der Waals surface area contributed by atoms with Gasteiger partial charge in [0.15, 0.2) is 0 Å². The van der Waals surface area contributed by atoms with E-state index in [0.717, 1.165) is 16.6 Å². The molecule has 3 aromatic rings. The lowest BCUT2D eigenvalue weighted by Gasteiger charge is -2.02. The number of aromatic amines is 1. The van der Waals surface area contributed by atoms with Crippen LogP contribution in [0.25, 0.3) is 23.1 Å². The Labute approximate surface area is 117 Å². The summed E-state index contributed by atoms with van der Waals surface area (Å²) in [5.41, 5.74) is 3.11. The van der Waals surface area contributed by atoms with Crippen molar-refractivity contribution in [3.8, 4) is 11.5 Å². The average molecular weight is 265 g/mol. The Kier molecular flexibility index (Phi) is 3.17. The Hall–Kier alpha value is -2.68. The number of ether oxygens (including phenoxy) is 1. The standard InChI is InChI=1S/C17H15NO2/c1-20-16-9-13(8-15(19)11-16)3-2-12-4-5-14-6-7-18-17(14)10-12/h2-11,18-19H,1H3/b3-2-. The summed E-state index contributed by atoms with van der Waals surface area (Å²) in [5, 5.41) is 10.8. The first-order chi connectivity index (χ1) is 9.74. The number of phenols is 1. The molecule has 0 bridgehead atoms. The highest BCUT2D eigenvalue weighted by Gasteiger charge is 1.98. The van der Waals surface area contributed by atoms with Crippen molar-refractivity contribution in [3.05, 3.63) is 59.8 Å². The van der Waals surface area contributed by atoms with Crippen molar-refractivity contribution in [2.75, 3.05) is 7.11 Å². The van der Waals surface area contributed by atoms with Crippen LogP contribution in [0.4, 0.5) is 0 Å². The first-order valence-corrected chi connectivity index (χ1v) is 6.38. The lowest BCUT2D eigenvalue weighted by Crippen LogP contribution is -1.83. The van der Waals surface area contributed by atoms with Crippen molar-refractivity contribution in [3.63, 3.8) is 0 Å². The summed E-state index contributed by atoms with van der Waals surface area (Å²) < 4.78 is 5.14. The van der Waals surface area contributed by atoms with Gasteiger partial charge >= 0.3 is 0 Å². The zero-order valence-corrected chi connectivity index (χ0v) is 11.1. The highest BCUT2D eigenvalue weighted by Crippen LogP contribution is 2.23. The van der Waals surface area contributed by atoms with Gasteiger partial charge in [0.2, 0.25) is 0 Å². The molecule has 0 radical (unpaired) electrons. The van der Waals surface area contributed by atoms with Crippen molar-refractivity contribution >= 4 is 23.1 Å². The second-order valence-corrected chi connectivity index (χ2v) is 4.62. The third-order valence-electron chi connectivity index (χ3n) is 3.20. The zero-order valence-electron chi connectivity index (χ0n) is 11.1. The van der Waals surface area contributed by atoms with Crippen molar-refractivity contribution in [1.29, 1.82) is 0 Å². The molecule has 20 heavy (non-hydrogen) atoms. The van der Waals surface area contributed by atoms with Crippen LogP contribution in [0.3, 0.4) is 0 Å². The highest BCUT2D eigenvalue weighted by molar-refractivity contribution is 5.83. The van der Waals surface area contributed by atoms with E-state index in [1.165, 1.54) is 5.39 Å². The molecule has 100 valence electrons. The van der Waals surface area contributed by atoms with Crippen LogP contribution in [0, 0.1) is 0 Å². The Balaban J connectivity index is 1.91. The predicted octanol–water partition coefficient (Wildman–Crippen LogP) is 4.05. The predicted molar refractivity (Wildman–Crippen MR) is 81.9 cm³/mol. The molecule has 0 aliphatic rings. The SMILES string of the molecule is COc1cc(O)cc(/C=C\c2ccc3cc[nH]c3c2)c1. The van der Waals surface area contributed by atoms with E-state index < -0.39 is 0 Å². The maximum atomic E-state index is 9.62. The second kappa shape index (κ2) is 5.13. The minimum absolute atomic E-state index is 0.198. The van der Waals surface area contributed by atoms with Crippen LogP contribution in [0.5, 0.6) is 11.5 Å². The Morgan fingerprint density at radius 3 is 2.70 bits per heavy atom. The minimum Gasteiger partial charge on any atom is -0.508 e. The number of hydrogen-bond acceptors (Lipinski definition) is 2. The van der Waals surface area contributed by atoms with Gasteiger partial charge in [-0.2, -0.15) is 0 Å². The molecule has 0 aliphatic carbocycles. The summed E-state index contributed by atoms with van der Waals surface area (Å²) in [6, 6.07) is 13.4. The van der Waals surface area contributed by atoms with Crippen molar-refractivity contribution in [2.45, 2.75) is 0 Å². The molecule has 0 saturated heterocycles. The highest BCUT2D eigenvalue weighted by atomic mass is 16.5. The largest absolute Gasteiger partial charge is 0.508 e. The van der Waals surface area contributed by atoms with Crippen LogP contribution in [-0.4, -0.2) is 17.2 Å². The molecule has 1 heterocycles. The summed E-state index contributed by atoms with van der Waals surface area (Å²) in [6.07, 6.45) is 5.89. The van der Waals surface area contributed by atoms with Crippen LogP contribution in [-0.2, 0) is 0 Å². The van der Waals surface area contributed by atoms with Gasteiger partial charge in [-0.05, 0) is 40.8 Å². The van der Waals surface area contributed by atoms with Gasteiger partial charge in [0, 0.05) is 17.8 Å². The van der Waals surface area contributed by atoms with Crippen LogP contribution in [0.15, 0.2) is 48.7 Å². The van der Waals surface area contributed by atoms with E-state index in [9.17, 15) is 5.11 Å². The van der Waals surface area contributed by atoms with Crippen molar-refractivity contribution in [2.24, 2.45) is 0 Å². The van der Waals surface area contributed by atoms with Gasteiger partial charge in [-0.1, -0.05) is 24.3 Å². The van der Waals surface area contributed by atoms with Gasteiger partial charge in [0.1, 0.15) is 11.5 Å². The van der Waals surface area contributed by atoms with Gasteiger partial charge in [-0.15, -0.1) is 0 Å². The summed E-state index contributed by atoms with van der Waals surface area (Å²) in [4.78, 5) is 3.19. The average Bonchev–Trinajstić information content (AvgIpc) is 2.92. The number of benzene rings is 2. The molecule has 1 aromatic heterocycles. The fourth-order valence-corrected chi connectivity index (χ4v) is 2.18. The first-order valence-electron chi connectivity index (χ1n) is 6.38. The molecule has 0 atom stereocenters. The number of fused-ring (bicyclic) bond motifs is 1. The molecule has 0 amide bonds. The fraction of sp³-hybridized carbons (Fsp3) is 0.0588. The van der Waals surface area contributed by atoms with E-state index in [1.54, 1.807) is 19.2 Å². The fourth-order valence-electron chi connectivity index (χ4n) is 2.18. The van der Waals surface area contributed by atoms with Gasteiger partial charge < -0.3 is 14.8 Å². The van der Waals surface area contributed by atoms with Crippen molar-refractivity contribution in [1.82, 2.24) is 4.98 Å². The number of H-pyrrole nitrogens is 1. The third kappa shape index (κ3) is 2.52. The molecule has 2 aromatic carbocycles. The lowest BCUT2D eigenvalue weighted by molar-refractivity contribution is 0.407. The molecule has 0 unspecified atom stereocenters. The first kappa shape index (κ1) is 12.4. The van der Waals surface area contributed by atoms with E-state index in [-0.39, 0.29) is 5.75 Å². The quantitative estimate of drug-likeness (QED) is 0.702. The van der Waals surface area contributed by atoms with Crippen LogP contribution < -0.4 is 4.74 Å². The molecule has 3 heteroatoms. The van der Waals surface area contributed by atoms with Crippen LogP contribution in [0.1, 0.15) is 11.1 Å². The van der Waals surface area contributed by atoms with Gasteiger partial charge in [0.05, 0.1) is 7.11 Å². The van der Waals surface area contributed by atoms with Crippen LogP contribution >= 0.6 is 0 Å². The van der Waals surface area contributed by atoms with Gasteiger partial charge in [-0.3, -0.25) is 0 Å². The number of hydrogen-bond donors (Lipinski definition) is 2. The molecule has 0 fully saturated rings. The second-order valence-electron chi connectivity index (χ2n) is 4.62. The van der Waals surface area contributed by atoms with E-state index in [2.05, 4.69) is 23.2 Å². The maximum Gasteiger partial charge on any atom is 0.123 e. The Morgan fingerprint density at radius 1 is 1.00 bits per heavy atom. The molecule has 2 N–H and O–H groups in total.